The molecule has 4 atom stereocenters. The molecule has 0 aromatic heterocycles. The normalized spacial score (nSPS) is 34.2. The minimum Gasteiger partial charge on any atom is -0.456 e. The van der Waals surface area contributed by atoms with E-state index in [9.17, 15) is 19.5 Å². The topological polar surface area (TPSA) is 80.7 Å². The number of allylic oxidation sites excluding steroid dienone is 1. The number of hydrogen-bond donors (Lipinski definition) is 1. The van der Waals surface area contributed by atoms with E-state index in [1.165, 1.54) is 13.0 Å². The van der Waals surface area contributed by atoms with Crippen LogP contribution >= 0.6 is 0 Å². The molecule has 1 fully saturated rings. The zero-order valence-corrected chi connectivity index (χ0v) is 11.8. The molecule has 1 aliphatic heterocycles. The van der Waals surface area contributed by atoms with Gasteiger partial charge in [-0.3, -0.25) is 14.4 Å². The summed E-state index contributed by atoms with van der Waals surface area (Å²) in [6.45, 7) is 4.81. The molecule has 1 heterocycles. The maximum absolute atomic E-state index is 12.0. The first-order valence-corrected chi connectivity index (χ1v) is 6.64. The summed E-state index contributed by atoms with van der Waals surface area (Å²) in [4.78, 5) is 34.8. The molecule has 0 aromatic rings. The predicted octanol–water partition coefficient (Wildman–Crippen LogP) is 0.959. The van der Waals surface area contributed by atoms with Gasteiger partial charge >= 0.3 is 5.97 Å². The fourth-order valence-electron chi connectivity index (χ4n) is 2.72. The second kappa shape index (κ2) is 5.32. The molecule has 1 saturated heterocycles. The third kappa shape index (κ3) is 2.45. The average molecular weight is 278 g/mol. The lowest BCUT2D eigenvalue weighted by Gasteiger charge is -2.17. The van der Waals surface area contributed by atoms with E-state index in [0.29, 0.717) is 11.1 Å². The van der Waals surface area contributed by atoms with Crippen LogP contribution in [0.25, 0.3) is 0 Å². The number of ether oxygens (including phenoxy) is 1. The molecule has 5 nitrogen and oxygen atoms in total. The minimum absolute atomic E-state index is 0.0345. The lowest BCUT2D eigenvalue weighted by atomic mass is 9.86. The van der Waals surface area contributed by atoms with Crippen molar-refractivity contribution in [2.24, 2.45) is 11.8 Å². The largest absolute Gasteiger partial charge is 0.456 e. The smallest absolute Gasteiger partial charge is 0.310 e. The Bertz CT molecular complexity index is 528. The quantitative estimate of drug-likeness (QED) is 0.614. The molecule has 1 N–H and O–H groups in total. The molecule has 0 radical (unpaired) electrons. The van der Waals surface area contributed by atoms with Crippen LogP contribution in [0.5, 0.6) is 0 Å². The Morgan fingerprint density at radius 3 is 2.55 bits per heavy atom. The van der Waals surface area contributed by atoms with E-state index in [-0.39, 0.29) is 29.9 Å². The summed E-state index contributed by atoms with van der Waals surface area (Å²) in [6.07, 6.45) is 1.55. The van der Waals surface area contributed by atoms with E-state index >= 15 is 0 Å². The zero-order valence-electron chi connectivity index (χ0n) is 11.8. The molecule has 2 rings (SSSR count). The fourth-order valence-corrected chi connectivity index (χ4v) is 2.72. The van der Waals surface area contributed by atoms with Crippen molar-refractivity contribution in [3.05, 3.63) is 23.3 Å². The molecular weight excluding hydrogens is 260 g/mol. The van der Waals surface area contributed by atoms with Gasteiger partial charge in [0.1, 0.15) is 6.10 Å². The molecule has 0 amide bonds. The predicted molar refractivity (Wildman–Crippen MR) is 70.7 cm³/mol. The second-order valence-corrected chi connectivity index (χ2v) is 5.43. The molecule has 0 saturated carbocycles. The molecule has 20 heavy (non-hydrogen) atoms. The third-order valence-electron chi connectivity index (χ3n) is 3.98. The monoisotopic (exact) mass is 278 g/mol. The van der Waals surface area contributed by atoms with Crippen LogP contribution in [0.15, 0.2) is 23.3 Å². The fraction of sp³-hybridized carbons (Fsp3) is 0.533. The highest BCUT2D eigenvalue weighted by Crippen LogP contribution is 2.38. The van der Waals surface area contributed by atoms with Gasteiger partial charge in [0.25, 0.3) is 0 Å². The molecule has 0 bridgehead atoms. The molecule has 0 spiro atoms. The van der Waals surface area contributed by atoms with Crippen LogP contribution in [-0.2, 0) is 19.1 Å². The number of ketones is 2. The Kier molecular flexibility index (Phi) is 3.90. The first kappa shape index (κ1) is 14.7. The number of hydrogen-bond acceptors (Lipinski definition) is 5. The van der Waals surface area contributed by atoms with E-state index in [1.54, 1.807) is 19.9 Å². The average Bonchev–Trinajstić information content (AvgIpc) is 2.76. The van der Waals surface area contributed by atoms with Gasteiger partial charge < -0.3 is 9.84 Å². The third-order valence-corrected chi connectivity index (χ3v) is 3.98. The summed E-state index contributed by atoms with van der Waals surface area (Å²) in [5, 5.41) is 9.74. The Morgan fingerprint density at radius 1 is 1.40 bits per heavy atom. The van der Waals surface area contributed by atoms with Crippen LogP contribution in [0.3, 0.4) is 0 Å². The van der Waals surface area contributed by atoms with Crippen molar-refractivity contribution >= 4 is 17.5 Å². The number of rotatable bonds is 3. The van der Waals surface area contributed by atoms with Gasteiger partial charge in [-0.25, -0.2) is 0 Å². The summed E-state index contributed by atoms with van der Waals surface area (Å²) in [5.41, 5.74) is 0.941. The van der Waals surface area contributed by atoms with Gasteiger partial charge in [-0.2, -0.15) is 0 Å². The number of aliphatic hydroxyl groups excluding tert-OH is 1. The Hall–Kier alpha value is -1.75. The van der Waals surface area contributed by atoms with Gasteiger partial charge in [-0.15, -0.1) is 0 Å². The second-order valence-electron chi connectivity index (χ2n) is 5.43. The number of carbonyl (C=O) groups is 3. The number of cyclic esters (lactones) is 1. The highest BCUT2D eigenvalue weighted by atomic mass is 16.6. The van der Waals surface area contributed by atoms with Gasteiger partial charge in [0, 0.05) is 17.9 Å². The van der Waals surface area contributed by atoms with Gasteiger partial charge in [-0.05, 0) is 25.5 Å². The Morgan fingerprint density at radius 2 is 2.05 bits per heavy atom. The highest BCUT2D eigenvalue weighted by Gasteiger charge is 2.46. The highest BCUT2D eigenvalue weighted by molar-refractivity contribution is 6.01. The molecule has 108 valence electrons. The maximum Gasteiger partial charge on any atom is 0.310 e. The van der Waals surface area contributed by atoms with E-state index in [4.69, 9.17) is 4.74 Å². The molecule has 1 aliphatic carbocycles. The summed E-state index contributed by atoms with van der Waals surface area (Å²) < 4.78 is 5.30. The molecular formula is C15H18O5. The Balaban J connectivity index is 2.36. The minimum atomic E-state index is -0.801. The number of Topliss-reactive ketones (excluding diaryl/α,β-unsaturated/α-hetero) is 1. The lowest BCUT2D eigenvalue weighted by Crippen LogP contribution is -2.23. The number of carbonyl (C=O) groups excluding carboxylic acids is 3. The van der Waals surface area contributed by atoms with Crippen molar-refractivity contribution in [3.8, 4) is 0 Å². The van der Waals surface area contributed by atoms with Crippen LogP contribution in [0.4, 0.5) is 0 Å². The van der Waals surface area contributed by atoms with Crippen molar-refractivity contribution < 1.29 is 24.2 Å². The van der Waals surface area contributed by atoms with Crippen LogP contribution < -0.4 is 0 Å². The van der Waals surface area contributed by atoms with Gasteiger partial charge in [0.05, 0.1) is 12.0 Å². The number of aliphatic hydroxyl groups is 1. The lowest BCUT2D eigenvalue weighted by molar-refractivity contribution is -0.143. The summed E-state index contributed by atoms with van der Waals surface area (Å²) in [6, 6.07) is 0. The van der Waals surface area contributed by atoms with Crippen LogP contribution in [0, 0.1) is 11.8 Å². The van der Waals surface area contributed by atoms with Crippen LogP contribution in [-0.4, -0.2) is 34.9 Å². The van der Waals surface area contributed by atoms with E-state index in [2.05, 4.69) is 0 Å². The first-order valence-electron chi connectivity index (χ1n) is 6.64. The molecule has 0 unspecified atom stereocenters. The van der Waals surface area contributed by atoms with E-state index < -0.39 is 18.1 Å². The van der Waals surface area contributed by atoms with Gasteiger partial charge in [0.15, 0.2) is 11.6 Å². The summed E-state index contributed by atoms with van der Waals surface area (Å²) >= 11 is 0. The van der Waals surface area contributed by atoms with Crippen molar-refractivity contribution in [3.63, 3.8) is 0 Å². The van der Waals surface area contributed by atoms with Crippen molar-refractivity contribution in [2.45, 2.75) is 39.4 Å². The standard InChI is InChI=1S/C15H18O5/c1-7(16)4-5-10-8(2)15(19)20-14(10)13-9(3)11(17)6-12(13)18/h4-5,8,10-11,14,17H,6H2,1-3H3/b5-4+/t8-,10-,11+,14-/m0/s1. The molecule has 0 aromatic carbocycles. The Labute approximate surface area is 117 Å². The maximum atomic E-state index is 12.0. The van der Waals surface area contributed by atoms with E-state index in [0.717, 1.165) is 0 Å². The van der Waals surface area contributed by atoms with Crippen LogP contribution in [0.2, 0.25) is 0 Å². The first-order chi connectivity index (χ1) is 9.32. The van der Waals surface area contributed by atoms with Crippen LogP contribution in [0.1, 0.15) is 27.2 Å². The van der Waals surface area contributed by atoms with Gasteiger partial charge in [0.2, 0.25) is 0 Å². The van der Waals surface area contributed by atoms with Crippen molar-refractivity contribution in [1.29, 1.82) is 0 Å². The zero-order chi connectivity index (χ0) is 15.0. The van der Waals surface area contributed by atoms with E-state index in [1.807, 2.05) is 0 Å². The van der Waals surface area contributed by atoms with Crippen molar-refractivity contribution in [2.75, 3.05) is 0 Å². The van der Waals surface area contributed by atoms with Crippen molar-refractivity contribution in [1.82, 2.24) is 0 Å². The number of esters is 1. The molecule has 5 heteroatoms. The SMILES string of the molecule is CC(=O)/C=C/[C@H]1[C@H](C)C(=O)O[C@@H]1C1=C(C)[C@H](O)CC1=O. The summed E-state index contributed by atoms with van der Waals surface area (Å²) in [7, 11) is 0. The van der Waals surface area contributed by atoms with Gasteiger partial charge in [-0.1, -0.05) is 13.0 Å². The molecule has 2 aliphatic rings. The summed E-state index contributed by atoms with van der Waals surface area (Å²) in [5.74, 6) is -1.48.